The third-order valence-electron chi connectivity index (χ3n) is 6.96. The molecule has 4 N–H and O–H groups in total. The van der Waals surface area contributed by atoms with Gasteiger partial charge in [-0.05, 0) is 58.0 Å². The second-order valence-corrected chi connectivity index (χ2v) is 13.1. The average molecular weight is 614 g/mol. The monoisotopic (exact) mass is 613 g/mol. The van der Waals surface area contributed by atoms with E-state index in [1.54, 1.807) is 24.3 Å². The first-order valence-electron chi connectivity index (χ1n) is 14.0. The molecule has 0 bridgehead atoms. The summed E-state index contributed by atoms with van der Waals surface area (Å²) >= 11 is 0. The lowest BCUT2D eigenvalue weighted by atomic mass is 9.87. The summed E-state index contributed by atoms with van der Waals surface area (Å²) in [5.41, 5.74) is 3.44. The number of carbonyl (C=O) groups excluding carboxylic acids is 2. The molecule has 0 heterocycles. The van der Waals surface area contributed by atoms with Crippen LogP contribution in [0.4, 0.5) is 11.4 Å². The van der Waals surface area contributed by atoms with Gasteiger partial charge in [0.25, 0.3) is 15.9 Å². The maximum atomic E-state index is 13.5. The number of benzene rings is 4. The lowest BCUT2D eigenvalue weighted by Crippen LogP contribution is -2.42. The van der Waals surface area contributed by atoms with E-state index in [9.17, 15) is 27.9 Å². The standard InChI is InChI=1S/C34H35N3O6S/c1-22(38)35-27-16-19-30(37-44(42,43)28-17-14-26(15-18-28)34(2,3)4)29(21-27)32(39)36-31(33(40)41)20-23-10-12-25(13-11-23)24-8-6-5-7-9-24/h5-19,21,31,37H,20H2,1-4H3,(H,35,38)(H,36,39)(H,40,41)/t31-/m0/s1. The molecule has 2 amide bonds. The van der Waals surface area contributed by atoms with Gasteiger partial charge in [0.05, 0.1) is 16.1 Å². The molecule has 0 saturated heterocycles. The van der Waals surface area contributed by atoms with Crippen LogP contribution in [0.2, 0.25) is 0 Å². The highest BCUT2D eigenvalue weighted by atomic mass is 32.2. The van der Waals surface area contributed by atoms with E-state index in [-0.39, 0.29) is 33.7 Å². The first-order valence-corrected chi connectivity index (χ1v) is 15.4. The molecule has 0 aromatic heterocycles. The van der Waals surface area contributed by atoms with E-state index in [1.807, 2.05) is 63.2 Å². The van der Waals surface area contributed by atoms with Crippen LogP contribution in [-0.4, -0.2) is 37.3 Å². The lowest BCUT2D eigenvalue weighted by molar-refractivity contribution is -0.139. The Morgan fingerprint density at radius 3 is 2.00 bits per heavy atom. The van der Waals surface area contributed by atoms with E-state index in [4.69, 9.17) is 0 Å². The van der Waals surface area contributed by atoms with Crippen LogP contribution in [0.3, 0.4) is 0 Å². The molecule has 0 spiro atoms. The number of hydrogen-bond donors (Lipinski definition) is 4. The highest BCUT2D eigenvalue weighted by molar-refractivity contribution is 7.92. The van der Waals surface area contributed by atoms with E-state index in [0.717, 1.165) is 16.7 Å². The topological polar surface area (TPSA) is 142 Å². The molecule has 0 radical (unpaired) electrons. The van der Waals surface area contributed by atoms with Gasteiger partial charge in [-0.15, -0.1) is 0 Å². The molecule has 4 aromatic rings. The molecule has 44 heavy (non-hydrogen) atoms. The number of amides is 2. The maximum absolute atomic E-state index is 13.5. The van der Waals surface area contributed by atoms with Crippen LogP contribution < -0.4 is 15.4 Å². The Labute approximate surface area is 257 Å². The summed E-state index contributed by atoms with van der Waals surface area (Å²) in [6, 6.07) is 26.3. The Balaban J connectivity index is 1.59. The van der Waals surface area contributed by atoms with E-state index < -0.39 is 33.8 Å². The van der Waals surface area contributed by atoms with Crippen molar-refractivity contribution in [2.24, 2.45) is 0 Å². The summed E-state index contributed by atoms with van der Waals surface area (Å²) < 4.78 is 29.0. The quantitative estimate of drug-likeness (QED) is 0.177. The zero-order valence-electron chi connectivity index (χ0n) is 24.9. The van der Waals surface area contributed by atoms with Gasteiger partial charge in [0.15, 0.2) is 0 Å². The van der Waals surface area contributed by atoms with Crippen LogP contribution in [-0.2, 0) is 31.4 Å². The summed E-state index contributed by atoms with van der Waals surface area (Å²) in [5, 5.41) is 15.0. The number of hydrogen-bond acceptors (Lipinski definition) is 5. The van der Waals surface area contributed by atoms with E-state index in [0.29, 0.717) is 5.56 Å². The van der Waals surface area contributed by atoms with Gasteiger partial charge in [-0.3, -0.25) is 14.3 Å². The van der Waals surface area contributed by atoms with Crippen LogP contribution in [0.15, 0.2) is 102 Å². The third kappa shape index (κ3) is 8.11. The van der Waals surface area contributed by atoms with Gasteiger partial charge in [0, 0.05) is 19.0 Å². The summed E-state index contributed by atoms with van der Waals surface area (Å²) in [6.45, 7) is 7.34. The van der Waals surface area contributed by atoms with Crippen molar-refractivity contribution in [3.63, 3.8) is 0 Å². The molecule has 0 aliphatic carbocycles. The predicted molar refractivity (Wildman–Crippen MR) is 171 cm³/mol. The summed E-state index contributed by atoms with van der Waals surface area (Å²) in [4.78, 5) is 37.4. The fraction of sp³-hybridized carbons (Fsp3) is 0.206. The zero-order chi connectivity index (χ0) is 32.1. The van der Waals surface area contributed by atoms with Crippen molar-refractivity contribution >= 4 is 39.2 Å². The van der Waals surface area contributed by atoms with Gasteiger partial charge in [-0.25, -0.2) is 13.2 Å². The number of anilines is 2. The Morgan fingerprint density at radius 1 is 0.818 bits per heavy atom. The number of aliphatic carboxylic acids is 1. The molecule has 228 valence electrons. The largest absolute Gasteiger partial charge is 0.480 e. The van der Waals surface area contributed by atoms with Crippen LogP contribution in [0.1, 0.15) is 49.2 Å². The number of carbonyl (C=O) groups is 3. The van der Waals surface area contributed by atoms with Crippen molar-refractivity contribution in [2.75, 3.05) is 10.0 Å². The number of carboxylic acids is 1. The van der Waals surface area contributed by atoms with Crippen LogP contribution in [0.25, 0.3) is 11.1 Å². The maximum Gasteiger partial charge on any atom is 0.326 e. The average Bonchev–Trinajstić information content (AvgIpc) is 2.97. The van der Waals surface area contributed by atoms with Crippen molar-refractivity contribution in [3.8, 4) is 11.1 Å². The van der Waals surface area contributed by atoms with Crippen molar-refractivity contribution in [1.29, 1.82) is 0 Å². The number of sulfonamides is 1. The van der Waals surface area contributed by atoms with Crippen molar-refractivity contribution < 1.29 is 27.9 Å². The highest BCUT2D eigenvalue weighted by Crippen LogP contribution is 2.27. The minimum Gasteiger partial charge on any atom is -0.480 e. The van der Waals surface area contributed by atoms with Crippen LogP contribution >= 0.6 is 0 Å². The Kier molecular flexibility index (Phi) is 9.54. The van der Waals surface area contributed by atoms with Gasteiger partial charge in [0.2, 0.25) is 5.91 Å². The highest BCUT2D eigenvalue weighted by Gasteiger charge is 2.25. The van der Waals surface area contributed by atoms with Crippen molar-refractivity contribution in [3.05, 3.63) is 114 Å². The minimum atomic E-state index is -4.12. The molecule has 0 unspecified atom stereocenters. The van der Waals surface area contributed by atoms with Crippen LogP contribution in [0.5, 0.6) is 0 Å². The molecule has 10 heteroatoms. The molecule has 0 aliphatic rings. The van der Waals surface area contributed by atoms with Gasteiger partial charge in [-0.2, -0.15) is 0 Å². The Hall–Kier alpha value is -4.96. The van der Waals surface area contributed by atoms with Crippen LogP contribution in [0, 0.1) is 0 Å². The molecular weight excluding hydrogens is 578 g/mol. The predicted octanol–water partition coefficient (Wildman–Crippen LogP) is 5.84. The smallest absolute Gasteiger partial charge is 0.326 e. The van der Waals surface area contributed by atoms with E-state index in [1.165, 1.54) is 37.3 Å². The molecule has 0 saturated carbocycles. The second kappa shape index (κ2) is 13.1. The molecule has 0 aliphatic heterocycles. The molecule has 9 nitrogen and oxygen atoms in total. The fourth-order valence-corrected chi connectivity index (χ4v) is 5.66. The molecule has 0 fully saturated rings. The normalized spacial score (nSPS) is 12.2. The first-order chi connectivity index (χ1) is 20.7. The lowest BCUT2D eigenvalue weighted by Gasteiger charge is -2.20. The zero-order valence-corrected chi connectivity index (χ0v) is 25.7. The SMILES string of the molecule is CC(=O)Nc1ccc(NS(=O)(=O)c2ccc(C(C)(C)C)cc2)c(C(=O)N[C@@H](Cc2ccc(-c3ccccc3)cc2)C(=O)O)c1. The fourth-order valence-electron chi connectivity index (χ4n) is 4.58. The number of carboxylic acid groups (broad SMARTS) is 1. The van der Waals surface area contributed by atoms with Gasteiger partial charge in [0.1, 0.15) is 6.04 Å². The first kappa shape index (κ1) is 32.0. The molecule has 1 atom stereocenters. The van der Waals surface area contributed by atoms with Gasteiger partial charge in [-0.1, -0.05) is 87.5 Å². The number of rotatable bonds is 10. The summed E-state index contributed by atoms with van der Waals surface area (Å²) in [6.07, 6.45) is -0.0112. The van der Waals surface area contributed by atoms with Crippen molar-refractivity contribution in [1.82, 2.24) is 5.32 Å². The summed E-state index contributed by atoms with van der Waals surface area (Å²) in [5.74, 6) is -2.48. The van der Waals surface area contributed by atoms with Crippen molar-refractivity contribution in [2.45, 2.75) is 50.5 Å². The second-order valence-electron chi connectivity index (χ2n) is 11.5. The van der Waals surface area contributed by atoms with E-state index >= 15 is 0 Å². The summed E-state index contributed by atoms with van der Waals surface area (Å²) in [7, 11) is -4.12. The molecular formula is C34H35N3O6S. The Morgan fingerprint density at radius 2 is 1.43 bits per heavy atom. The molecule has 4 rings (SSSR count). The molecule has 4 aromatic carbocycles. The third-order valence-corrected chi connectivity index (χ3v) is 8.35. The van der Waals surface area contributed by atoms with Gasteiger partial charge >= 0.3 is 5.97 Å². The Bertz CT molecular complexity index is 1760. The minimum absolute atomic E-state index is 0.00911. The number of nitrogens with one attached hydrogen (secondary N) is 3. The van der Waals surface area contributed by atoms with E-state index in [2.05, 4.69) is 15.4 Å². The van der Waals surface area contributed by atoms with Gasteiger partial charge < -0.3 is 15.7 Å².